The van der Waals surface area contributed by atoms with Gasteiger partial charge in [0.05, 0.1) is 18.3 Å². The lowest BCUT2D eigenvalue weighted by atomic mass is 10.1. The Morgan fingerprint density at radius 2 is 2.25 bits per heavy atom. The number of anilines is 1. The van der Waals surface area contributed by atoms with Crippen LogP contribution in [0.1, 0.15) is 36.5 Å². The second-order valence-electron chi connectivity index (χ2n) is 4.81. The number of ether oxygens (including phenoxy) is 3. The Morgan fingerprint density at radius 3 is 2.95 bits per heavy atom. The minimum Gasteiger partial charge on any atom is -0.494 e. The first kappa shape index (κ1) is 14.7. The van der Waals surface area contributed by atoms with Gasteiger partial charge in [-0.2, -0.15) is 0 Å². The molecular formula is C15H21NO4. The van der Waals surface area contributed by atoms with Crippen LogP contribution in [0.3, 0.4) is 0 Å². The van der Waals surface area contributed by atoms with Crippen molar-refractivity contribution in [1.82, 2.24) is 0 Å². The third-order valence-electron chi connectivity index (χ3n) is 3.15. The molecule has 1 saturated heterocycles. The zero-order valence-electron chi connectivity index (χ0n) is 11.8. The fraction of sp³-hybridized carbons (Fsp3) is 0.533. The normalized spacial score (nSPS) is 18.6. The van der Waals surface area contributed by atoms with Gasteiger partial charge in [-0.05, 0) is 38.3 Å². The summed E-state index contributed by atoms with van der Waals surface area (Å²) in [5.74, 6) is 0.181. The minimum atomic E-state index is -0.396. The summed E-state index contributed by atoms with van der Waals surface area (Å²) in [6, 6.07) is 4.92. The zero-order chi connectivity index (χ0) is 14.4. The third kappa shape index (κ3) is 4.13. The number of carbonyl (C=O) groups is 1. The molecular weight excluding hydrogens is 258 g/mol. The smallest absolute Gasteiger partial charge is 0.338 e. The van der Waals surface area contributed by atoms with Crippen molar-refractivity contribution in [3.63, 3.8) is 0 Å². The number of esters is 1. The zero-order valence-corrected chi connectivity index (χ0v) is 11.8. The summed E-state index contributed by atoms with van der Waals surface area (Å²) in [6.45, 7) is 3.43. The van der Waals surface area contributed by atoms with Gasteiger partial charge in [0.1, 0.15) is 12.4 Å². The first-order chi connectivity index (χ1) is 9.69. The van der Waals surface area contributed by atoms with Gasteiger partial charge in [-0.3, -0.25) is 0 Å². The van der Waals surface area contributed by atoms with Crippen molar-refractivity contribution in [3.8, 4) is 5.75 Å². The van der Waals surface area contributed by atoms with Gasteiger partial charge in [0.25, 0.3) is 0 Å². The van der Waals surface area contributed by atoms with Gasteiger partial charge in [-0.15, -0.1) is 0 Å². The maximum Gasteiger partial charge on any atom is 0.338 e. The molecule has 2 N–H and O–H groups in total. The Labute approximate surface area is 119 Å². The highest BCUT2D eigenvalue weighted by atomic mass is 16.6. The van der Waals surface area contributed by atoms with Crippen molar-refractivity contribution >= 4 is 11.7 Å². The summed E-state index contributed by atoms with van der Waals surface area (Å²) in [7, 11) is 0. The Bertz CT molecular complexity index is 455. The highest BCUT2D eigenvalue weighted by Crippen LogP contribution is 2.20. The van der Waals surface area contributed by atoms with Crippen molar-refractivity contribution in [2.75, 3.05) is 25.6 Å². The van der Waals surface area contributed by atoms with Crippen LogP contribution in [0.2, 0.25) is 0 Å². The second-order valence-corrected chi connectivity index (χ2v) is 4.81. The Kier molecular flexibility index (Phi) is 5.24. The van der Waals surface area contributed by atoms with Gasteiger partial charge in [0, 0.05) is 18.4 Å². The number of rotatable bonds is 5. The average Bonchev–Trinajstić information content (AvgIpc) is 2.45. The number of benzene rings is 1. The summed E-state index contributed by atoms with van der Waals surface area (Å²) in [5, 5.41) is 0. The lowest BCUT2D eigenvalue weighted by molar-refractivity contribution is -0.0300. The van der Waals surface area contributed by atoms with Crippen LogP contribution in [0, 0.1) is 0 Å². The van der Waals surface area contributed by atoms with E-state index in [1.165, 1.54) is 0 Å². The van der Waals surface area contributed by atoms with E-state index in [0.717, 1.165) is 25.9 Å². The summed E-state index contributed by atoms with van der Waals surface area (Å²) in [5.41, 5.74) is 6.64. The van der Waals surface area contributed by atoms with Crippen LogP contribution >= 0.6 is 0 Å². The quantitative estimate of drug-likeness (QED) is 0.662. The van der Waals surface area contributed by atoms with Crippen LogP contribution < -0.4 is 10.5 Å². The molecule has 0 aromatic heterocycles. The molecule has 20 heavy (non-hydrogen) atoms. The van der Waals surface area contributed by atoms with Crippen molar-refractivity contribution < 1.29 is 19.0 Å². The SMILES string of the molecule is CCOc1cc(N)cc(C(=O)OCC2CCCCO2)c1. The lowest BCUT2D eigenvalue weighted by Gasteiger charge is -2.22. The van der Waals surface area contributed by atoms with E-state index in [-0.39, 0.29) is 12.7 Å². The molecule has 1 fully saturated rings. The molecule has 1 heterocycles. The fourth-order valence-corrected chi connectivity index (χ4v) is 2.18. The van der Waals surface area contributed by atoms with Crippen LogP contribution in [0.25, 0.3) is 0 Å². The van der Waals surface area contributed by atoms with Crippen LogP contribution in [0.5, 0.6) is 5.75 Å². The number of hydrogen-bond donors (Lipinski definition) is 1. The highest BCUT2D eigenvalue weighted by Gasteiger charge is 2.17. The molecule has 2 rings (SSSR count). The van der Waals surface area contributed by atoms with E-state index >= 15 is 0 Å². The molecule has 1 aromatic carbocycles. The summed E-state index contributed by atoms with van der Waals surface area (Å²) >= 11 is 0. The molecule has 5 nitrogen and oxygen atoms in total. The van der Waals surface area contributed by atoms with E-state index in [0.29, 0.717) is 23.6 Å². The molecule has 110 valence electrons. The van der Waals surface area contributed by atoms with Crippen LogP contribution in [-0.2, 0) is 9.47 Å². The van der Waals surface area contributed by atoms with E-state index in [1.54, 1.807) is 18.2 Å². The average molecular weight is 279 g/mol. The first-order valence-electron chi connectivity index (χ1n) is 7.01. The number of carbonyl (C=O) groups excluding carboxylic acids is 1. The predicted octanol–water partition coefficient (Wildman–Crippen LogP) is 2.39. The summed E-state index contributed by atoms with van der Waals surface area (Å²) in [6.07, 6.45) is 3.15. The molecule has 1 aromatic rings. The fourth-order valence-electron chi connectivity index (χ4n) is 2.18. The summed E-state index contributed by atoms with van der Waals surface area (Å²) in [4.78, 5) is 12.0. The summed E-state index contributed by atoms with van der Waals surface area (Å²) < 4.78 is 16.2. The highest BCUT2D eigenvalue weighted by molar-refractivity contribution is 5.91. The van der Waals surface area contributed by atoms with E-state index < -0.39 is 5.97 Å². The maximum absolute atomic E-state index is 12.0. The van der Waals surface area contributed by atoms with Crippen molar-refractivity contribution in [1.29, 1.82) is 0 Å². The molecule has 5 heteroatoms. The van der Waals surface area contributed by atoms with Gasteiger partial charge >= 0.3 is 5.97 Å². The van der Waals surface area contributed by atoms with Gasteiger partial charge in [0.15, 0.2) is 0 Å². The molecule has 0 aliphatic carbocycles. The predicted molar refractivity (Wildman–Crippen MR) is 75.9 cm³/mol. The van der Waals surface area contributed by atoms with E-state index in [9.17, 15) is 4.79 Å². The lowest BCUT2D eigenvalue weighted by Crippen LogP contribution is -2.26. The Morgan fingerprint density at radius 1 is 1.40 bits per heavy atom. The topological polar surface area (TPSA) is 70.8 Å². The van der Waals surface area contributed by atoms with Crippen LogP contribution in [0.4, 0.5) is 5.69 Å². The van der Waals surface area contributed by atoms with Gasteiger partial charge < -0.3 is 19.9 Å². The third-order valence-corrected chi connectivity index (χ3v) is 3.15. The molecule has 0 bridgehead atoms. The molecule has 0 spiro atoms. The Hall–Kier alpha value is -1.75. The molecule has 0 amide bonds. The first-order valence-corrected chi connectivity index (χ1v) is 7.01. The van der Waals surface area contributed by atoms with Crippen LogP contribution in [-0.4, -0.2) is 31.9 Å². The molecule has 1 atom stereocenters. The van der Waals surface area contributed by atoms with E-state index in [2.05, 4.69) is 0 Å². The van der Waals surface area contributed by atoms with Crippen molar-refractivity contribution in [3.05, 3.63) is 23.8 Å². The van der Waals surface area contributed by atoms with Gasteiger partial charge in [-0.1, -0.05) is 0 Å². The van der Waals surface area contributed by atoms with Crippen molar-refractivity contribution in [2.45, 2.75) is 32.3 Å². The molecule has 1 unspecified atom stereocenters. The maximum atomic E-state index is 12.0. The number of hydrogen-bond acceptors (Lipinski definition) is 5. The van der Waals surface area contributed by atoms with Gasteiger partial charge in [0.2, 0.25) is 0 Å². The monoisotopic (exact) mass is 279 g/mol. The second kappa shape index (κ2) is 7.14. The van der Waals surface area contributed by atoms with Gasteiger partial charge in [-0.25, -0.2) is 4.79 Å². The molecule has 0 radical (unpaired) electrons. The van der Waals surface area contributed by atoms with E-state index in [1.807, 2.05) is 6.92 Å². The van der Waals surface area contributed by atoms with E-state index in [4.69, 9.17) is 19.9 Å². The minimum absolute atomic E-state index is 0.0140. The Balaban J connectivity index is 1.93. The number of nitrogens with two attached hydrogens (primary N) is 1. The largest absolute Gasteiger partial charge is 0.494 e. The van der Waals surface area contributed by atoms with Crippen molar-refractivity contribution in [2.24, 2.45) is 0 Å². The molecule has 0 saturated carbocycles. The number of nitrogen functional groups attached to an aromatic ring is 1. The standard InChI is InChI=1S/C15H21NO4/c1-2-18-14-8-11(7-12(16)9-14)15(17)20-10-13-5-3-4-6-19-13/h7-9,13H,2-6,10,16H2,1H3. The van der Waals surface area contributed by atoms with Crippen LogP contribution in [0.15, 0.2) is 18.2 Å². The molecule has 1 aliphatic heterocycles. The molecule has 1 aliphatic rings.